The first-order valence-corrected chi connectivity index (χ1v) is 5.44. The number of piperazine rings is 1. The summed E-state index contributed by atoms with van der Waals surface area (Å²) in [5.74, 6) is -0.781. The minimum absolute atomic E-state index is 0.463. The number of carbonyl (C=O) groups is 1. The van der Waals surface area contributed by atoms with E-state index in [-0.39, 0.29) is 0 Å². The third kappa shape index (κ3) is 2.33. The van der Waals surface area contributed by atoms with Crippen molar-refractivity contribution in [3.8, 4) is 0 Å². The quantitative estimate of drug-likeness (QED) is 0.776. The first kappa shape index (κ1) is 11.0. The van der Waals surface area contributed by atoms with Gasteiger partial charge in [0.25, 0.3) is 0 Å². The Morgan fingerprint density at radius 1 is 1.44 bits per heavy atom. The van der Waals surface area contributed by atoms with Gasteiger partial charge in [0.2, 0.25) is 0 Å². The van der Waals surface area contributed by atoms with Crippen LogP contribution in [0.2, 0.25) is 0 Å². The van der Waals surface area contributed by atoms with Gasteiger partial charge in [0.05, 0.1) is 0 Å². The van der Waals surface area contributed by atoms with Crippen molar-refractivity contribution in [3.63, 3.8) is 0 Å². The molecule has 1 fully saturated rings. The van der Waals surface area contributed by atoms with Gasteiger partial charge < -0.3 is 15.3 Å². The van der Waals surface area contributed by atoms with Crippen molar-refractivity contribution in [2.24, 2.45) is 0 Å². The Kier molecular flexibility index (Phi) is 3.10. The van der Waals surface area contributed by atoms with E-state index in [0.717, 1.165) is 12.2 Å². The van der Waals surface area contributed by atoms with E-state index < -0.39 is 12.0 Å². The van der Waals surface area contributed by atoms with Gasteiger partial charge in [-0.1, -0.05) is 17.7 Å². The van der Waals surface area contributed by atoms with Crippen LogP contribution in [0.15, 0.2) is 24.3 Å². The average molecular weight is 220 g/mol. The molecule has 4 nitrogen and oxygen atoms in total. The van der Waals surface area contributed by atoms with E-state index in [0.29, 0.717) is 13.1 Å². The molecule has 0 bridgehead atoms. The van der Waals surface area contributed by atoms with Crippen LogP contribution in [0.1, 0.15) is 5.56 Å². The van der Waals surface area contributed by atoms with Crippen LogP contribution in [-0.4, -0.2) is 36.8 Å². The van der Waals surface area contributed by atoms with E-state index in [2.05, 4.69) is 10.2 Å². The zero-order chi connectivity index (χ0) is 11.5. The van der Waals surface area contributed by atoms with Crippen LogP contribution in [-0.2, 0) is 4.79 Å². The molecule has 0 saturated carbocycles. The molecule has 1 unspecified atom stereocenters. The first-order valence-electron chi connectivity index (χ1n) is 5.44. The summed E-state index contributed by atoms with van der Waals surface area (Å²) >= 11 is 0. The maximum Gasteiger partial charge on any atom is 0.322 e. The smallest absolute Gasteiger partial charge is 0.322 e. The molecule has 0 radical (unpaired) electrons. The summed E-state index contributed by atoms with van der Waals surface area (Å²) in [7, 11) is 0. The Labute approximate surface area is 94.9 Å². The number of nitrogens with zero attached hydrogens (tertiary/aromatic N) is 1. The fourth-order valence-electron chi connectivity index (χ4n) is 1.91. The van der Waals surface area contributed by atoms with Crippen LogP contribution in [0.3, 0.4) is 0 Å². The monoisotopic (exact) mass is 220 g/mol. The van der Waals surface area contributed by atoms with E-state index >= 15 is 0 Å². The Balaban J connectivity index is 2.09. The molecule has 1 aliphatic rings. The lowest BCUT2D eigenvalue weighted by atomic mass is 10.1. The topological polar surface area (TPSA) is 52.6 Å². The van der Waals surface area contributed by atoms with E-state index in [1.54, 1.807) is 0 Å². The minimum atomic E-state index is -0.781. The number of anilines is 1. The van der Waals surface area contributed by atoms with Crippen LogP contribution >= 0.6 is 0 Å². The van der Waals surface area contributed by atoms with Gasteiger partial charge in [0, 0.05) is 25.3 Å². The van der Waals surface area contributed by atoms with Crippen LogP contribution in [0.25, 0.3) is 0 Å². The van der Waals surface area contributed by atoms with Crippen molar-refractivity contribution in [2.75, 3.05) is 24.5 Å². The molecule has 2 rings (SSSR count). The predicted molar refractivity (Wildman–Crippen MR) is 62.8 cm³/mol. The second-order valence-electron chi connectivity index (χ2n) is 4.13. The van der Waals surface area contributed by atoms with E-state index in [1.165, 1.54) is 5.56 Å². The fraction of sp³-hybridized carbons (Fsp3) is 0.417. The molecule has 1 aromatic rings. The Morgan fingerprint density at radius 3 is 2.75 bits per heavy atom. The summed E-state index contributed by atoms with van der Waals surface area (Å²) in [4.78, 5) is 13.0. The molecule has 4 heteroatoms. The summed E-state index contributed by atoms with van der Waals surface area (Å²) in [5.41, 5.74) is 2.31. The number of hydrogen-bond acceptors (Lipinski definition) is 3. The lowest BCUT2D eigenvalue weighted by molar-refractivity contribution is -0.139. The number of benzene rings is 1. The van der Waals surface area contributed by atoms with Crippen molar-refractivity contribution >= 4 is 11.7 Å². The standard InChI is InChI=1S/C12H16N2O2/c1-9-2-4-10(5-3-9)14-7-6-13-11(8-14)12(15)16/h2-5,11,13H,6-8H2,1H3,(H,15,16). The Hall–Kier alpha value is -1.55. The molecule has 0 aromatic heterocycles. The summed E-state index contributed by atoms with van der Waals surface area (Å²) in [6.45, 7) is 4.14. The van der Waals surface area contributed by atoms with Gasteiger partial charge >= 0.3 is 5.97 Å². The zero-order valence-electron chi connectivity index (χ0n) is 9.31. The van der Waals surface area contributed by atoms with E-state index in [4.69, 9.17) is 5.11 Å². The number of hydrogen-bond donors (Lipinski definition) is 2. The molecular formula is C12H16N2O2. The van der Waals surface area contributed by atoms with Crippen LogP contribution in [0.5, 0.6) is 0 Å². The third-order valence-corrected chi connectivity index (χ3v) is 2.87. The van der Waals surface area contributed by atoms with Crippen molar-refractivity contribution in [2.45, 2.75) is 13.0 Å². The van der Waals surface area contributed by atoms with Crippen LogP contribution in [0.4, 0.5) is 5.69 Å². The molecule has 16 heavy (non-hydrogen) atoms. The van der Waals surface area contributed by atoms with Crippen molar-refractivity contribution in [1.29, 1.82) is 0 Å². The summed E-state index contributed by atoms with van der Waals surface area (Å²) < 4.78 is 0. The van der Waals surface area contributed by atoms with Crippen molar-refractivity contribution in [3.05, 3.63) is 29.8 Å². The summed E-state index contributed by atoms with van der Waals surface area (Å²) in [5, 5.41) is 11.9. The van der Waals surface area contributed by atoms with Gasteiger partial charge in [-0.05, 0) is 19.1 Å². The lowest BCUT2D eigenvalue weighted by Gasteiger charge is -2.33. The number of aliphatic carboxylic acids is 1. The number of nitrogens with one attached hydrogen (secondary N) is 1. The highest BCUT2D eigenvalue weighted by Gasteiger charge is 2.24. The largest absolute Gasteiger partial charge is 0.480 e. The molecule has 1 heterocycles. The SMILES string of the molecule is Cc1ccc(N2CCNC(C(=O)O)C2)cc1. The molecule has 1 aliphatic heterocycles. The minimum Gasteiger partial charge on any atom is -0.480 e. The highest BCUT2D eigenvalue weighted by atomic mass is 16.4. The lowest BCUT2D eigenvalue weighted by Crippen LogP contribution is -2.54. The molecule has 2 N–H and O–H groups in total. The van der Waals surface area contributed by atoms with Gasteiger partial charge in [0.1, 0.15) is 6.04 Å². The molecule has 1 aromatic carbocycles. The van der Waals surface area contributed by atoms with Gasteiger partial charge in [-0.3, -0.25) is 4.79 Å². The van der Waals surface area contributed by atoms with Gasteiger partial charge in [-0.2, -0.15) is 0 Å². The van der Waals surface area contributed by atoms with Crippen molar-refractivity contribution in [1.82, 2.24) is 5.32 Å². The number of rotatable bonds is 2. The number of carboxylic acids is 1. The maximum atomic E-state index is 10.9. The maximum absolute atomic E-state index is 10.9. The fourth-order valence-corrected chi connectivity index (χ4v) is 1.91. The van der Waals surface area contributed by atoms with E-state index in [9.17, 15) is 4.79 Å². The van der Waals surface area contributed by atoms with Crippen molar-refractivity contribution < 1.29 is 9.90 Å². The molecule has 86 valence electrons. The molecule has 0 amide bonds. The third-order valence-electron chi connectivity index (χ3n) is 2.87. The second kappa shape index (κ2) is 4.53. The number of aryl methyl sites for hydroxylation is 1. The highest BCUT2D eigenvalue weighted by molar-refractivity contribution is 5.75. The average Bonchev–Trinajstić information content (AvgIpc) is 2.30. The van der Waals surface area contributed by atoms with Crippen LogP contribution < -0.4 is 10.2 Å². The van der Waals surface area contributed by atoms with Gasteiger partial charge in [-0.25, -0.2) is 0 Å². The predicted octanol–water partition coefficient (Wildman–Crippen LogP) is 0.858. The first-order chi connectivity index (χ1) is 7.66. The van der Waals surface area contributed by atoms with Gasteiger partial charge in [-0.15, -0.1) is 0 Å². The second-order valence-corrected chi connectivity index (χ2v) is 4.13. The summed E-state index contributed by atoms with van der Waals surface area (Å²) in [6.07, 6.45) is 0. The zero-order valence-corrected chi connectivity index (χ0v) is 9.31. The molecule has 1 saturated heterocycles. The van der Waals surface area contributed by atoms with Crippen LogP contribution in [0, 0.1) is 6.92 Å². The van der Waals surface area contributed by atoms with Gasteiger partial charge in [0.15, 0.2) is 0 Å². The normalized spacial score (nSPS) is 20.8. The molecule has 0 aliphatic carbocycles. The Morgan fingerprint density at radius 2 is 2.12 bits per heavy atom. The highest BCUT2D eigenvalue weighted by Crippen LogP contribution is 2.16. The summed E-state index contributed by atoms with van der Waals surface area (Å²) in [6, 6.07) is 7.72. The molecule has 0 spiro atoms. The van der Waals surface area contributed by atoms with E-state index in [1.807, 2.05) is 31.2 Å². The Bertz CT molecular complexity index is 375. The number of carboxylic acid groups (broad SMARTS) is 1. The molecular weight excluding hydrogens is 204 g/mol. The molecule has 1 atom stereocenters.